The molecular weight excluding hydrogens is 536 g/mol. The van der Waals surface area contributed by atoms with Crippen LogP contribution in [0.4, 0.5) is 5.69 Å². The molecule has 0 aliphatic rings. The van der Waals surface area contributed by atoms with Crippen molar-refractivity contribution in [1.29, 1.82) is 0 Å². The topological polar surface area (TPSA) is 56.0 Å². The Kier molecular flexibility index (Phi) is 6.34. The van der Waals surface area contributed by atoms with E-state index in [4.69, 9.17) is 22.3 Å². The van der Waals surface area contributed by atoms with Gasteiger partial charge in [0, 0.05) is 20.4 Å². The highest BCUT2D eigenvalue weighted by Crippen LogP contribution is 2.43. The summed E-state index contributed by atoms with van der Waals surface area (Å²) in [4.78, 5) is 5.70. The molecule has 0 radical (unpaired) electrons. The monoisotopic (exact) mass is 552 g/mol. The summed E-state index contributed by atoms with van der Waals surface area (Å²) in [5.41, 5.74) is 12.0. The third-order valence-electron chi connectivity index (χ3n) is 5.31. The minimum Gasteiger partial charge on any atom is -0.396 e. The lowest BCUT2D eigenvalue weighted by Crippen LogP contribution is -1.98. The average Bonchev–Trinajstić information content (AvgIpc) is 3.17. The van der Waals surface area contributed by atoms with Crippen LogP contribution in [-0.2, 0) is 16.6 Å². The molecule has 33 heavy (non-hydrogen) atoms. The van der Waals surface area contributed by atoms with Crippen molar-refractivity contribution in [2.45, 2.75) is 9.96 Å². The third kappa shape index (κ3) is 4.62. The van der Waals surface area contributed by atoms with Crippen LogP contribution in [0, 0.1) is 0 Å². The molecule has 0 spiro atoms. The lowest BCUT2D eigenvalue weighted by atomic mass is 10.00. The van der Waals surface area contributed by atoms with Gasteiger partial charge in [-0.2, -0.15) is 0 Å². The SMILES string of the molecule is Nc1c(S(=O)Cc2ccc(Cl)cc2)sc2nc(-c3ccc(Br)cc3)cc(-c3ccccc3)c12. The molecule has 1 unspecified atom stereocenters. The maximum Gasteiger partial charge on any atom is 0.127 e. The summed E-state index contributed by atoms with van der Waals surface area (Å²) >= 11 is 10.9. The van der Waals surface area contributed by atoms with Crippen LogP contribution in [0.25, 0.3) is 32.6 Å². The van der Waals surface area contributed by atoms with Crippen molar-refractivity contribution < 1.29 is 4.21 Å². The summed E-state index contributed by atoms with van der Waals surface area (Å²) in [6.45, 7) is 0. The van der Waals surface area contributed by atoms with Crippen LogP contribution in [0.3, 0.4) is 0 Å². The maximum atomic E-state index is 13.3. The van der Waals surface area contributed by atoms with E-state index in [9.17, 15) is 4.21 Å². The van der Waals surface area contributed by atoms with Crippen LogP contribution < -0.4 is 5.73 Å². The van der Waals surface area contributed by atoms with Gasteiger partial charge in [-0.15, -0.1) is 11.3 Å². The minimum atomic E-state index is -1.30. The fourth-order valence-corrected chi connectivity index (χ4v) is 6.68. The second-order valence-corrected chi connectivity index (χ2v) is 11.5. The molecule has 0 amide bonds. The lowest BCUT2D eigenvalue weighted by Gasteiger charge is -2.09. The largest absolute Gasteiger partial charge is 0.396 e. The normalized spacial score (nSPS) is 12.2. The number of anilines is 1. The second kappa shape index (κ2) is 9.39. The molecule has 0 saturated heterocycles. The van der Waals surface area contributed by atoms with Gasteiger partial charge in [0.05, 0.1) is 27.9 Å². The highest BCUT2D eigenvalue weighted by molar-refractivity contribution is 9.10. The van der Waals surface area contributed by atoms with Crippen LogP contribution in [-0.4, -0.2) is 9.19 Å². The van der Waals surface area contributed by atoms with E-state index in [2.05, 4.69) is 34.1 Å². The average molecular weight is 554 g/mol. The van der Waals surface area contributed by atoms with Gasteiger partial charge in [0.2, 0.25) is 0 Å². The Bertz CT molecular complexity index is 1470. The Morgan fingerprint density at radius 3 is 2.33 bits per heavy atom. The zero-order valence-electron chi connectivity index (χ0n) is 17.3. The number of fused-ring (bicyclic) bond motifs is 1. The zero-order valence-corrected chi connectivity index (χ0v) is 21.3. The lowest BCUT2D eigenvalue weighted by molar-refractivity contribution is 0.684. The first-order valence-corrected chi connectivity index (χ1v) is 13.5. The van der Waals surface area contributed by atoms with E-state index in [1.54, 1.807) is 0 Å². The molecule has 2 N–H and O–H groups in total. The Morgan fingerprint density at radius 2 is 1.64 bits per heavy atom. The molecule has 5 rings (SSSR count). The maximum absolute atomic E-state index is 13.3. The van der Waals surface area contributed by atoms with E-state index in [0.29, 0.717) is 20.7 Å². The Labute approximate surface area is 211 Å². The summed E-state index contributed by atoms with van der Waals surface area (Å²) in [6.07, 6.45) is 0. The predicted molar refractivity (Wildman–Crippen MR) is 144 cm³/mol. The number of thiophene rings is 1. The van der Waals surface area contributed by atoms with Gasteiger partial charge in [-0.05, 0) is 47.0 Å². The smallest absolute Gasteiger partial charge is 0.127 e. The van der Waals surface area contributed by atoms with Crippen molar-refractivity contribution in [1.82, 2.24) is 4.98 Å². The van der Waals surface area contributed by atoms with Gasteiger partial charge in [-0.3, -0.25) is 4.21 Å². The molecular formula is C26H18BrClN2OS2. The Hall–Kier alpha value is -2.51. The van der Waals surface area contributed by atoms with Gasteiger partial charge in [-0.25, -0.2) is 4.98 Å². The van der Waals surface area contributed by atoms with Crippen LogP contribution in [0.2, 0.25) is 5.02 Å². The summed E-state index contributed by atoms with van der Waals surface area (Å²) in [5.74, 6) is 0.369. The van der Waals surface area contributed by atoms with E-state index in [1.165, 1.54) is 11.3 Å². The van der Waals surface area contributed by atoms with E-state index >= 15 is 0 Å². The van der Waals surface area contributed by atoms with Crippen molar-refractivity contribution in [2.24, 2.45) is 0 Å². The molecule has 0 aliphatic carbocycles. The van der Waals surface area contributed by atoms with E-state index in [-0.39, 0.29) is 0 Å². The van der Waals surface area contributed by atoms with Gasteiger partial charge in [0.1, 0.15) is 9.04 Å². The molecule has 0 fully saturated rings. The first kappa shape index (κ1) is 22.3. The molecule has 2 aromatic heterocycles. The van der Waals surface area contributed by atoms with Gasteiger partial charge in [0.15, 0.2) is 0 Å². The molecule has 3 aromatic carbocycles. The van der Waals surface area contributed by atoms with Gasteiger partial charge >= 0.3 is 0 Å². The summed E-state index contributed by atoms with van der Waals surface area (Å²) in [5, 5.41) is 1.51. The van der Waals surface area contributed by atoms with E-state index < -0.39 is 10.8 Å². The van der Waals surface area contributed by atoms with Crippen molar-refractivity contribution in [2.75, 3.05) is 5.73 Å². The van der Waals surface area contributed by atoms with E-state index in [1.807, 2.05) is 66.7 Å². The third-order valence-corrected chi connectivity index (χ3v) is 9.02. The van der Waals surface area contributed by atoms with Gasteiger partial charge < -0.3 is 5.73 Å². The molecule has 0 bridgehead atoms. The number of nitrogens with zero attached hydrogens (tertiary/aromatic N) is 1. The summed E-state index contributed by atoms with van der Waals surface area (Å²) in [7, 11) is -1.30. The summed E-state index contributed by atoms with van der Waals surface area (Å²) < 4.78 is 15.0. The van der Waals surface area contributed by atoms with Crippen LogP contribution in [0.1, 0.15) is 5.56 Å². The fourth-order valence-electron chi connectivity index (χ4n) is 3.68. The van der Waals surface area contributed by atoms with Crippen LogP contribution in [0.15, 0.2) is 93.6 Å². The number of halogens is 2. The molecule has 0 aliphatic heterocycles. The van der Waals surface area contributed by atoms with Gasteiger partial charge in [0.25, 0.3) is 0 Å². The van der Waals surface area contributed by atoms with Crippen LogP contribution >= 0.6 is 38.9 Å². The number of pyridine rings is 1. The van der Waals surface area contributed by atoms with Crippen molar-refractivity contribution in [3.63, 3.8) is 0 Å². The Morgan fingerprint density at radius 1 is 0.939 bits per heavy atom. The molecule has 7 heteroatoms. The number of hydrogen-bond donors (Lipinski definition) is 1. The number of hydrogen-bond acceptors (Lipinski definition) is 4. The Balaban J connectivity index is 1.65. The van der Waals surface area contributed by atoms with Crippen LogP contribution in [0.5, 0.6) is 0 Å². The minimum absolute atomic E-state index is 0.369. The number of aromatic nitrogens is 1. The van der Waals surface area contributed by atoms with Crippen molar-refractivity contribution >= 4 is 65.6 Å². The molecule has 164 valence electrons. The zero-order chi connectivity index (χ0) is 22.9. The predicted octanol–water partition coefficient (Wildman–Crippen LogP) is 7.94. The molecule has 2 heterocycles. The quantitative estimate of drug-likeness (QED) is 0.240. The highest BCUT2D eigenvalue weighted by atomic mass is 79.9. The van der Waals surface area contributed by atoms with Gasteiger partial charge in [-0.1, -0.05) is 82.1 Å². The first-order chi connectivity index (χ1) is 16.0. The molecule has 3 nitrogen and oxygen atoms in total. The molecule has 0 saturated carbocycles. The number of nitrogens with two attached hydrogens (primary N) is 1. The fraction of sp³-hybridized carbons (Fsp3) is 0.0385. The standard InChI is InChI=1S/C26H18BrClN2OS2/c27-19-10-8-18(9-11-19)22-14-21(17-4-2-1-3-5-17)23-24(29)26(32-25(23)30-22)33(31)15-16-6-12-20(28)13-7-16/h1-14H,15,29H2. The van der Waals surface area contributed by atoms with E-state index in [0.717, 1.165) is 42.6 Å². The highest BCUT2D eigenvalue weighted by Gasteiger charge is 2.21. The number of nitrogen functional groups attached to an aromatic ring is 1. The molecule has 5 aromatic rings. The molecule has 1 atom stereocenters. The number of rotatable bonds is 5. The summed E-state index contributed by atoms with van der Waals surface area (Å²) in [6, 6.07) is 27.6. The second-order valence-electron chi connectivity index (χ2n) is 7.53. The van der Waals surface area contributed by atoms with Crippen molar-refractivity contribution in [3.8, 4) is 22.4 Å². The van der Waals surface area contributed by atoms with Crippen molar-refractivity contribution in [3.05, 3.63) is 100.0 Å². The number of benzene rings is 3. The first-order valence-electron chi connectivity index (χ1n) is 10.2.